The van der Waals surface area contributed by atoms with Crippen molar-refractivity contribution in [2.45, 2.75) is 32.7 Å². The first-order valence-electron chi connectivity index (χ1n) is 6.68. The van der Waals surface area contributed by atoms with Crippen LogP contribution in [0.2, 0.25) is 5.02 Å². The van der Waals surface area contributed by atoms with Crippen LogP contribution in [-0.4, -0.2) is 30.1 Å². The second-order valence-corrected chi connectivity index (χ2v) is 5.63. The highest BCUT2D eigenvalue weighted by Gasteiger charge is 2.21. The maximum absolute atomic E-state index is 12.0. The topological polar surface area (TPSA) is 75.6 Å². The number of ether oxygens (including phenoxy) is 1. The van der Waals surface area contributed by atoms with Gasteiger partial charge in [-0.25, -0.2) is 4.79 Å². The molecule has 1 aromatic carbocycles. The molecular formula is C15H20ClNO4. The summed E-state index contributed by atoms with van der Waals surface area (Å²) in [6, 6.07) is 4.14. The lowest BCUT2D eigenvalue weighted by atomic mass is 10.0. The highest BCUT2D eigenvalue weighted by Crippen LogP contribution is 2.22. The van der Waals surface area contributed by atoms with Crippen molar-refractivity contribution in [2.75, 3.05) is 7.11 Å². The van der Waals surface area contributed by atoms with Gasteiger partial charge in [-0.05, 0) is 30.0 Å². The Morgan fingerprint density at radius 3 is 2.52 bits per heavy atom. The Morgan fingerprint density at radius 2 is 2.05 bits per heavy atom. The fourth-order valence-corrected chi connectivity index (χ4v) is 2.15. The van der Waals surface area contributed by atoms with E-state index in [1.54, 1.807) is 18.2 Å². The van der Waals surface area contributed by atoms with Gasteiger partial charge in [0.25, 0.3) is 0 Å². The standard InChI is InChI=1S/C15H20ClNO4/c1-9(2)6-13(15(19)20)17-14(18)7-10-4-5-11(21-3)8-12(10)16/h4-5,8-9,13H,6-7H2,1-3H3,(H,17,18)(H,19,20)/t13-/m0/s1. The number of nitrogens with one attached hydrogen (secondary N) is 1. The predicted octanol–water partition coefficient (Wildman–Crippen LogP) is 2.51. The van der Waals surface area contributed by atoms with Gasteiger partial charge < -0.3 is 15.2 Å². The minimum absolute atomic E-state index is 0.0324. The highest BCUT2D eigenvalue weighted by atomic mass is 35.5. The Balaban J connectivity index is 2.70. The van der Waals surface area contributed by atoms with E-state index in [1.165, 1.54) is 7.11 Å². The van der Waals surface area contributed by atoms with Crippen LogP contribution in [-0.2, 0) is 16.0 Å². The number of carbonyl (C=O) groups excluding carboxylic acids is 1. The summed E-state index contributed by atoms with van der Waals surface area (Å²) in [5, 5.41) is 12.0. The summed E-state index contributed by atoms with van der Waals surface area (Å²) in [5.74, 6) is -0.614. The summed E-state index contributed by atoms with van der Waals surface area (Å²) in [6.45, 7) is 3.81. The van der Waals surface area contributed by atoms with Gasteiger partial charge >= 0.3 is 5.97 Å². The molecule has 0 aliphatic rings. The Kier molecular flexibility index (Phi) is 6.49. The van der Waals surface area contributed by atoms with Crippen LogP contribution in [0, 0.1) is 5.92 Å². The number of carboxylic acid groups (broad SMARTS) is 1. The molecule has 0 spiro atoms. The van der Waals surface area contributed by atoms with E-state index >= 15 is 0 Å². The molecule has 21 heavy (non-hydrogen) atoms. The molecule has 6 heteroatoms. The number of hydrogen-bond donors (Lipinski definition) is 2. The first kappa shape index (κ1) is 17.3. The average Bonchev–Trinajstić information content (AvgIpc) is 2.39. The molecule has 0 bridgehead atoms. The molecule has 0 saturated carbocycles. The molecule has 0 aliphatic carbocycles. The zero-order valence-corrected chi connectivity index (χ0v) is 13.1. The van der Waals surface area contributed by atoms with E-state index in [0.29, 0.717) is 22.8 Å². The second kappa shape index (κ2) is 7.88. The summed E-state index contributed by atoms with van der Waals surface area (Å²) >= 11 is 6.06. The van der Waals surface area contributed by atoms with Crippen molar-refractivity contribution in [3.8, 4) is 5.75 Å². The van der Waals surface area contributed by atoms with E-state index in [2.05, 4.69) is 5.32 Å². The van der Waals surface area contributed by atoms with Gasteiger partial charge in [0.1, 0.15) is 11.8 Å². The molecule has 1 aromatic rings. The lowest BCUT2D eigenvalue weighted by molar-refractivity contribution is -0.142. The Hall–Kier alpha value is -1.75. The van der Waals surface area contributed by atoms with Crippen LogP contribution < -0.4 is 10.1 Å². The molecule has 1 rings (SSSR count). The normalized spacial score (nSPS) is 12.0. The van der Waals surface area contributed by atoms with Crippen LogP contribution in [0.1, 0.15) is 25.8 Å². The molecule has 1 amide bonds. The number of halogens is 1. The lowest BCUT2D eigenvalue weighted by Crippen LogP contribution is -2.42. The Labute approximate surface area is 129 Å². The van der Waals surface area contributed by atoms with Crippen LogP contribution >= 0.6 is 11.6 Å². The second-order valence-electron chi connectivity index (χ2n) is 5.22. The van der Waals surface area contributed by atoms with Crippen molar-refractivity contribution in [1.82, 2.24) is 5.32 Å². The Bertz CT molecular complexity index is 516. The molecule has 0 fully saturated rings. The quantitative estimate of drug-likeness (QED) is 0.811. The zero-order valence-electron chi connectivity index (χ0n) is 12.4. The van der Waals surface area contributed by atoms with Gasteiger partial charge in [0.15, 0.2) is 0 Å². The predicted molar refractivity (Wildman–Crippen MR) is 80.7 cm³/mol. The summed E-state index contributed by atoms with van der Waals surface area (Å²) in [5.41, 5.74) is 0.628. The van der Waals surface area contributed by atoms with Crippen molar-refractivity contribution in [3.05, 3.63) is 28.8 Å². The smallest absolute Gasteiger partial charge is 0.326 e. The molecule has 0 aliphatic heterocycles. The van der Waals surface area contributed by atoms with Crippen LogP contribution in [0.15, 0.2) is 18.2 Å². The minimum Gasteiger partial charge on any atom is -0.497 e. The third-order valence-corrected chi connectivity index (χ3v) is 3.30. The monoisotopic (exact) mass is 313 g/mol. The van der Waals surface area contributed by atoms with E-state index in [9.17, 15) is 9.59 Å². The van der Waals surface area contributed by atoms with Crippen LogP contribution in [0.25, 0.3) is 0 Å². The third-order valence-electron chi connectivity index (χ3n) is 2.95. The molecule has 0 aromatic heterocycles. The first-order valence-corrected chi connectivity index (χ1v) is 7.05. The molecule has 0 saturated heterocycles. The molecule has 5 nitrogen and oxygen atoms in total. The summed E-state index contributed by atoms with van der Waals surface area (Å²) in [7, 11) is 1.53. The lowest BCUT2D eigenvalue weighted by Gasteiger charge is -2.16. The van der Waals surface area contributed by atoms with E-state index in [0.717, 1.165) is 0 Å². The van der Waals surface area contributed by atoms with Crippen LogP contribution in [0.5, 0.6) is 5.75 Å². The fraction of sp³-hybridized carbons (Fsp3) is 0.467. The molecule has 2 N–H and O–H groups in total. The Morgan fingerprint density at radius 1 is 1.38 bits per heavy atom. The van der Waals surface area contributed by atoms with Gasteiger partial charge in [0, 0.05) is 5.02 Å². The molecular weight excluding hydrogens is 294 g/mol. The van der Waals surface area contributed by atoms with Gasteiger partial charge in [-0.3, -0.25) is 4.79 Å². The maximum Gasteiger partial charge on any atom is 0.326 e. The summed E-state index contributed by atoms with van der Waals surface area (Å²) < 4.78 is 5.03. The maximum atomic E-state index is 12.0. The summed E-state index contributed by atoms with van der Waals surface area (Å²) in [4.78, 5) is 23.1. The van der Waals surface area contributed by atoms with Crippen LogP contribution in [0.4, 0.5) is 0 Å². The van der Waals surface area contributed by atoms with Crippen molar-refractivity contribution in [2.24, 2.45) is 5.92 Å². The number of benzene rings is 1. The molecule has 0 heterocycles. The number of hydrogen-bond acceptors (Lipinski definition) is 3. The van der Waals surface area contributed by atoms with Crippen molar-refractivity contribution >= 4 is 23.5 Å². The fourth-order valence-electron chi connectivity index (χ4n) is 1.91. The summed E-state index contributed by atoms with van der Waals surface area (Å²) in [6.07, 6.45) is 0.419. The molecule has 0 radical (unpaired) electrons. The number of methoxy groups -OCH3 is 1. The third kappa shape index (κ3) is 5.63. The number of amides is 1. The van der Waals surface area contributed by atoms with Gasteiger partial charge in [0.05, 0.1) is 13.5 Å². The van der Waals surface area contributed by atoms with Crippen molar-refractivity contribution < 1.29 is 19.4 Å². The largest absolute Gasteiger partial charge is 0.497 e. The van der Waals surface area contributed by atoms with Crippen LogP contribution in [0.3, 0.4) is 0 Å². The van der Waals surface area contributed by atoms with E-state index in [1.807, 2.05) is 13.8 Å². The van der Waals surface area contributed by atoms with Gasteiger partial charge in [-0.15, -0.1) is 0 Å². The number of aliphatic carboxylic acids is 1. The number of carbonyl (C=O) groups is 2. The number of rotatable bonds is 7. The van der Waals surface area contributed by atoms with Crippen molar-refractivity contribution in [3.63, 3.8) is 0 Å². The van der Waals surface area contributed by atoms with Crippen molar-refractivity contribution in [1.29, 1.82) is 0 Å². The van der Waals surface area contributed by atoms with Gasteiger partial charge in [-0.2, -0.15) is 0 Å². The highest BCUT2D eigenvalue weighted by molar-refractivity contribution is 6.31. The van der Waals surface area contributed by atoms with Gasteiger partial charge in [0.2, 0.25) is 5.91 Å². The van der Waals surface area contributed by atoms with E-state index in [4.69, 9.17) is 21.4 Å². The molecule has 116 valence electrons. The average molecular weight is 314 g/mol. The number of carboxylic acids is 1. The van der Waals surface area contributed by atoms with E-state index < -0.39 is 12.0 Å². The zero-order chi connectivity index (χ0) is 16.0. The first-order chi connectivity index (χ1) is 9.83. The molecule has 1 atom stereocenters. The minimum atomic E-state index is -1.03. The SMILES string of the molecule is COc1ccc(CC(=O)N[C@@H](CC(C)C)C(=O)O)c(Cl)c1. The van der Waals surface area contributed by atoms with Gasteiger partial charge in [-0.1, -0.05) is 31.5 Å². The van der Waals surface area contributed by atoms with E-state index in [-0.39, 0.29) is 18.2 Å². The molecule has 0 unspecified atom stereocenters.